The number of benzene rings is 3. The van der Waals surface area contributed by atoms with E-state index in [1.807, 2.05) is 105 Å². The van der Waals surface area contributed by atoms with Crippen LogP contribution in [0.2, 0.25) is 0 Å². The van der Waals surface area contributed by atoms with Gasteiger partial charge in [-0.1, -0.05) is 60.2 Å². The molecule has 204 valence electrons. The average Bonchev–Trinajstić information content (AvgIpc) is 2.95. The molecule has 1 aliphatic heterocycles. The van der Waals surface area contributed by atoms with E-state index in [-0.39, 0.29) is 24.3 Å². The van der Waals surface area contributed by atoms with Gasteiger partial charge in [0.2, 0.25) is 11.8 Å². The zero-order valence-corrected chi connectivity index (χ0v) is 23.3. The molecule has 0 saturated carbocycles. The molecule has 0 bridgehead atoms. The number of carbonyl (C=O) groups is 3. The van der Waals surface area contributed by atoms with E-state index >= 15 is 0 Å². The zero-order chi connectivity index (χ0) is 28.0. The third-order valence-electron chi connectivity index (χ3n) is 7.61. The van der Waals surface area contributed by atoms with Crippen LogP contribution in [0.15, 0.2) is 78.9 Å². The highest BCUT2D eigenvalue weighted by atomic mass is 16.2. The topological polar surface area (TPSA) is 73.0 Å². The second-order valence-corrected chi connectivity index (χ2v) is 10.5. The van der Waals surface area contributed by atoms with Crippen molar-refractivity contribution in [1.29, 1.82) is 0 Å². The maximum Gasteiger partial charge on any atom is 0.255 e. The molecule has 3 aromatic carbocycles. The van der Waals surface area contributed by atoms with Gasteiger partial charge in [0, 0.05) is 58.4 Å². The Hall–Kier alpha value is -4.13. The first-order valence-corrected chi connectivity index (χ1v) is 13.4. The van der Waals surface area contributed by atoms with Crippen LogP contribution < -0.4 is 10.2 Å². The Labute approximate surface area is 231 Å². The van der Waals surface area contributed by atoms with Gasteiger partial charge in [0.15, 0.2) is 0 Å². The molecule has 0 spiro atoms. The third-order valence-corrected chi connectivity index (χ3v) is 7.61. The maximum atomic E-state index is 14.2. The van der Waals surface area contributed by atoms with Gasteiger partial charge in [0.05, 0.1) is 0 Å². The molecule has 0 unspecified atom stereocenters. The van der Waals surface area contributed by atoms with E-state index in [0.29, 0.717) is 38.0 Å². The van der Waals surface area contributed by atoms with Gasteiger partial charge in [-0.2, -0.15) is 0 Å². The smallest absolute Gasteiger partial charge is 0.255 e. The molecule has 1 fully saturated rings. The third kappa shape index (κ3) is 6.48. The second kappa shape index (κ2) is 12.2. The number of amides is 3. The monoisotopic (exact) mass is 526 g/mol. The number of aryl methyl sites for hydroxylation is 1. The lowest BCUT2D eigenvalue weighted by Crippen LogP contribution is -2.64. The highest BCUT2D eigenvalue weighted by Crippen LogP contribution is 2.33. The first-order chi connectivity index (χ1) is 18.7. The van der Waals surface area contributed by atoms with E-state index in [9.17, 15) is 14.4 Å². The largest absolute Gasteiger partial charge is 0.378 e. The molecule has 0 atom stereocenters. The van der Waals surface area contributed by atoms with Gasteiger partial charge >= 0.3 is 0 Å². The van der Waals surface area contributed by atoms with Crippen LogP contribution in [0, 0.1) is 6.92 Å². The average molecular weight is 527 g/mol. The summed E-state index contributed by atoms with van der Waals surface area (Å²) in [7, 11) is 3.97. The molecule has 39 heavy (non-hydrogen) atoms. The van der Waals surface area contributed by atoms with Crippen LogP contribution in [0.3, 0.4) is 0 Å². The Bertz CT molecular complexity index is 1280. The Balaban J connectivity index is 1.72. The minimum absolute atomic E-state index is 0.0241. The van der Waals surface area contributed by atoms with Crippen molar-refractivity contribution in [3.8, 4) is 0 Å². The van der Waals surface area contributed by atoms with Crippen LogP contribution in [-0.4, -0.2) is 60.2 Å². The lowest BCUT2D eigenvalue weighted by Gasteiger charge is -2.47. The predicted molar refractivity (Wildman–Crippen MR) is 154 cm³/mol. The standard InChI is InChI=1S/C32H38N4O3/c1-24-10-14-28(15-11-24)30(38)36(23-27-12-16-29(17-13-27)34(3)4)32(18-20-35(21-19-32)25(2)37)31(39)33-22-26-8-6-5-7-9-26/h5-17H,18-23H2,1-4H3,(H,33,39). The molecule has 1 N–H and O–H groups in total. The lowest BCUT2D eigenvalue weighted by molar-refractivity contribution is -0.141. The SMILES string of the molecule is CC(=O)N1CCC(C(=O)NCc2ccccc2)(N(Cc2ccc(N(C)C)cc2)C(=O)c2ccc(C)cc2)CC1. The van der Waals surface area contributed by atoms with Gasteiger partial charge in [0.25, 0.3) is 5.91 Å². The molecule has 0 radical (unpaired) electrons. The quantitative estimate of drug-likeness (QED) is 0.472. The number of hydrogen-bond acceptors (Lipinski definition) is 4. The molecule has 0 aliphatic carbocycles. The minimum Gasteiger partial charge on any atom is -0.378 e. The zero-order valence-electron chi connectivity index (χ0n) is 23.3. The number of nitrogens with one attached hydrogen (secondary N) is 1. The highest BCUT2D eigenvalue weighted by molar-refractivity contribution is 5.99. The van der Waals surface area contributed by atoms with Gasteiger partial charge in [0.1, 0.15) is 5.54 Å². The summed E-state index contributed by atoms with van der Waals surface area (Å²) in [5, 5.41) is 3.12. The minimum atomic E-state index is -1.11. The molecule has 0 aromatic heterocycles. The van der Waals surface area contributed by atoms with Crippen LogP contribution in [0.25, 0.3) is 0 Å². The van der Waals surface area contributed by atoms with Crippen molar-refractivity contribution in [2.75, 3.05) is 32.1 Å². The van der Waals surface area contributed by atoms with Crippen LogP contribution in [0.1, 0.15) is 46.8 Å². The van der Waals surface area contributed by atoms with E-state index in [2.05, 4.69) is 5.32 Å². The number of anilines is 1. The Morgan fingerprint density at radius 3 is 2.03 bits per heavy atom. The summed E-state index contributed by atoms with van der Waals surface area (Å²) in [4.78, 5) is 46.0. The van der Waals surface area contributed by atoms with E-state index in [1.54, 1.807) is 16.7 Å². The van der Waals surface area contributed by atoms with Gasteiger partial charge < -0.3 is 20.0 Å². The molecular formula is C32H38N4O3. The summed E-state index contributed by atoms with van der Waals surface area (Å²) in [5.41, 5.74) is 3.46. The number of rotatable bonds is 8. The maximum absolute atomic E-state index is 14.2. The Morgan fingerprint density at radius 1 is 0.846 bits per heavy atom. The van der Waals surface area contributed by atoms with E-state index < -0.39 is 5.54 Å². The van der Waals surface area contributed by atoms with Crippen molar-refractivity contribution in [3.63, 3.8) is 0 Å². The van der Waals surface area contributed by atoms with Crippen LogP contribution >= 0.6 is 0 Å². The number of nitrogens with zero attached hydrogens (tertiary/aromatic N) is 3. The van der Waals surface area contributed by atoms with Crippen molar-refractivity contribution >= 4 is 23.4 Å². The van der Waals surface area contributed by atoms with Gasteiger partial charge in [-0.3, -0.25) is 14.4 Å². The van der Waals surface area contributed by atoms with E-state index in [1.165, 1.54) is 0 Å². The number of hydrogen-bond donors (Lipinski definition) is 1. The van der Waals surface area contributed by atoms with Gasteiger partial charge in [-0.05, 0) is 55.2 Å². The first-order valence-electron chi connectivity index (χ1n) is 13.4. The number of likely N-dealkylation sites (tertiary alicyclic amines) is 1. The fourth-order valence-electron chi connectivity index (χ4n) is 5.11. The second-order valence-electron chi connectivity index (χ2n) is 10.5. The molecule has 1 aliphatic rings. The summed E-state index contributed by atoms with van der Waals surface area (Å²) >= 11 is 0. The van der Waals surface area contributed by atoms with E-state index in [0.717, 1.165) is 22.4 Å². The summed E-state index contributed by atoms with van der Waals surface area (Å²) in [6.45, 7) is 4.98. The van der Waals surface area contributed by atoms with Gasteiger partial charge in [-0.15, -0.1) is 0 Å². The molecule has 3 aromatic rings. The molecular weight excluding hydrogens is 488 g/mol. The van der Waals surface area contributed by atoms with Crippen molar-refractivity contribution < 1.29 is 14.4 Å². The lowest BCUT2D eigenvalue weighted by atomic mass is 9.83. The van der Waals surface area contributed by atoms with E-state index in [4.69, 9.17) is 0 Å². The van der Waals surface area contributed by atoms with Crippen LogP contribution in [0.5, 0.6) is 0 Å². The molecule has 1 saturated heterocycles. The Kier molecular flexibility index (Phi) is 8.69. The fraction of sp³-hybridized carbons (Fsp3) is 0.344. The summed E-state index contributed by atoms with van der Waals surface area (Å²) < 4.78 is 0. The fourth-order valence-corrected chi connectivity index (χ4v) is 5.11. The predicted octanol–water partition coefficient (Wildman–Crippen LogP) is 4.40. The van der Waals surface area contributed by atoms with Crippen molar-refractivity contribution in [2.24, 2.45) is 0 Å². The van der Waals surface area contributed by atoms with Gasteiger partial charge in [-0.25, -0.2) is 0 Å². The van der Waals surface area contributed by atoms with Crippen molar-refractivity contribution in [2.45, 2.75) is 45.3 Å². The summed E-state index contributed by atoms with van der Waals surface area (Å²) in [6.07, 6.45) is 0.723. The normalized spacial score (nSPS) is 14.4. The summed E-state index contributed by atoms with van der Waals surface area (Å²) in [6, 6.07) is 25.3. The molecule has 3 amide bonds. The molecule has 4 rings (SSSR count). The first kappa shape index (κ1) is 27.9. The number of carbonyl (C=O) groups excluding carboxylic acids is 3. The van der Waals surface area contributed by atoms with Crippen molar-refractivity contribution in [3.05, 3.63) is 101 Å². The van der Waals surface area contributed by atoms with Crippen LogP contribution in [0.4, 0.5) is 5.69 Å². The Morgan fingerprint density at radius 2 is 1.46 bits per heavy atom. The molecule has 1 heterocycles. The molecule has 7 heteroatoms. The van der Waals surface area contributed by atoms with Crippen molar-refractivity contribution in [1.82, 2.24) is 15.1 Å². The highest BCUT2D eigenvalue weighted by Gasteiger charge is 2.48. The van der Waals surface area contributed by atoms with Crippen LogP contribution in [-0.2, 0) is 22.7 Å². The summed E-state index contributed by atoms with van der Waals surface area (Å²) in [5.74, 6) is -0.415. The molecule has 7 nitrogen and oxygen atoms in total. The number of piperidine rings is 1.